The van der Waals surface area contributed by atoms with Crippen molar-refractivity contribution >= 4 is 24.2 Å². The van der Waals surface area contributed by atoms with Crippen LogP contribution in [0, 0.1) is 0 Å². The molecule has 0 unspecified atom stereocenters. The van der Waals surface area contributed by atoms with E-state index in [9.17, 15) is 9.59 Å². The van der Waals surface area contributed by atoms with Gasteiger partial charge in [0.15, 0.2) is 11.5 Å². The minimum atomic E-state index is -0.154. The van der Waals surface area contributed by atoms with E-state index in [1.807, 2.05) is 0 Å². The molecule has 1 saturated heterocycles. The first-order valence-electron chi connectivity index (χ1n) is 8.08. The third kappa shape index (κ3) is 4.50. The fraction of sp³-hybridized carbons (Fsp3) is 0.529. The minimum Gasteiger partial charge on any atom is -0.493 e. The maximum absolute atomic E-state index is 12.9. The molecular weight excluding hydrogens is 362 g/mol. The molecule has 2 rings (SSSR count). The van der Waals surface area contributed by atoms with Gasteiger partial charge in [0.1, 0.15) is 0 Å². The Hall–Kier alpha value is -2.19. The molecule has 1 heterocycles. The number of benzene rings is 1. The highest BCUT2D eigenvalue weighted by Crippen LogP contribution is 2.40. The van der Waals surface area contributed by atoms with E-state index in [1.165, 1.54) is 21.3 Å². The molecule has 26 heavy (non-hydrogen) atoms. The predicted octanol–water partition coefficient (Wildman–Crippen LogP) is 0.638. The zero-order valence-electron chi connectivity index (χ0n) is 15.5. The first-order valence-corrected chi connectivity index (χ1v) is 8.08. The summed E-state index contributed by atoms with van der Waals surface area (Å²) in [5.74, 6) is 1.12. The quantitative estimate of drug-likeness (QED) is 0.771. The Kier molecular flexibility index (Phi) is 8.47. The van der Waals surface area contributed by atoms with Crippen molar-refractivity contribution in [2.45, 2.75) is 0 Å². The second-order valence-electron chi connectivity index (χ2n) is 5.59. The van der Waals surface area contributed by atoms with Gasteiger partial charge >= 0.3 is 0 Å². The number of ether oxygens (including phenoxy) is 3. The van der Waals surface area contributed by atoms with E-state index in [1.54, 1.807) is 29.0 Å². The highest BCUT2D eigenvalue weighted by Gasteiger charge is 2.28. The lowest BCUT2D eigenvalue weighted by Gasteiger charge is -2.35. The number of carbonyl (C=O) groups excluding carboxylic acids is 2. The number of rotatable bonds is 6. The number of nitrogens with one attached hydrogen (secondary N) is 1. The summed E-state index contributed by atoms with van der Waals surface area (Å²) < 4.78 is 16.0. The summed E-state index contributed by atoms with van der Waals surface area (Å²) in [5.41, 5.74) is 0.412. The maximum atomic E-state index is 12.9. The van der Waals surface area contributed by atoms with Crippen LogP contribution in [0.1, 0.15) is 10.4 Å². The fourth-order valence-electron chi connectivity index (χ4n) is 2.86. The second-order valence-corrected chi connectivity index (χ2v) is 5.59. The molecule has 146 valence electrons. The van der Waals surface area contributed by atoms with E-state index in [0.29, 0.717) is 55.5 Å². The van der Waals surface area contributed by atoms with Gasteiger partial charge in [-0.1, -0.05) is 0 Å². The standard InChI is InChI=1S/C17H25N3O5.ClH/c1-18-11-14(21)19-7-9-20(10-8-19)17(22)12-5-6-13(23-2)16(25-4)15(12)24-3;/h5-6,18H,7-11H2,1-4H3;1H. The number of hydrogen-bond acceptors (Lipinski definition) is 6. The molecular formula is C17H26ClN3O5. The molecule has 1 N–H and O–H groups in total. The summed E-state index contributed by atoms with van der Waals surface area (Å²) in [6, 6.07) is 3.35. The molecule has 0 atom stereocenters. The molecule has 0 aromatic heterocycles. The molecule has 0 spiro atoms. The summed E-state index contributed by atoms with van der Waals surface area (Å²) in [6.07, 6.45) is 0. The number of nitrogens with zero attached hydrogens (tertiary/aromatic N) is 2. The lowest BCUT2D eigenvalue weighted by Crippen LogP contribution is -2.52. The Labute approximate surface area is 159 Å². The van der Waals surface area contributed by atoms with Crippen LogP contribution in [-0.2, 0) is 4.79 Å². The predicted molar refractivity (Wildman–Crippen MR) is 99.8 cm³/mol. The zero-order valence-corrected chi connectivity index (χ0v) is 16.4. The van der Waals surface area contributed by atoms with E-state index in [-0.39, 0.29) is 24.2 Å². The van der Waals surface area contributed by atoms with Gasteiger partial charge in [-0.2, -0.15) is 0 Å². The largest absolute Gasteiger partial charge is 0.493 e. The molecule has 1 aliphatic rings. The summed E-state index contributed by atoms with van der Waals surface area (Å²) in [4.78, 5) is 28.3. The van der Waals surface area contributed by atoms with Crippen molar-refractivity contribution in [3.63, 3.8) is 0 Å². The molecule has 2 amide bonds. The van der Waals surface area contributed by atoms with Crippen molar-refractivity contribution in [3.8, 4) is 17.2 Å². The number of amides is 2. The van der Waals surface area contributed by atoms with Gasteiger partial charge in [0.25, 0.3) is 5.91 Å². The highest BCUT2D eigenvalue weighted by molar-refractivity contribution is 5.98. The van der Waals surface area contributed by atoms with E-state index < -0.39 is 0 Å². The fourth-order valence-corrected chi connectivity index (χ4v) is 2.86. The number of carbonyl (C=O) groups is 2. The molecule has 1 aromatic rings. The van der Waals surface area contributed by atoms with Crippen molar-refractivity contribution in [2.24, 2.45) is 0 Å². The van der Waals surface area contributed by atoms with Gasteiger partial charge in [-0.05, 0) is 19.2 Å². The van der Waals surface area contributed by atoms with Crippen LogP contribution in [0.4, 0.5) is 0 Å². The molecule has 0 aliphatic carbocycles. The van der Waals surface area contributed by atoms with Crippen LogP contribution in [0.3, 0.4) is 0 Å². The number of likely N-dealkylation sites (N-methyl/N-ethyl adjacent to an activating group) is 1. The number of methoxy groups -OCH3 is 3. The monoisotopic (exact) mass is 387 g/mol. The van der Waals surface area contributed by atoms with E-state index in [4.69, 9.17) is 14.2 Å². The first kappa shape index (κ1) is 21.9. The minimum absolute atomic E-state index is 0. The van der Waals surface area contributed by atoms with Crippen LogP contribution < -0.4 is 19.5 Å². The van der Waals surface area contributed by atoms with Gasteiger partial charge < -0.3 is 29.3 Å². The molecule has 0 bridgehead atoms. The Balaban J connectivity index is 0.00000338. The first-order chi connectivity index (χ1) is 12.1. The maximum Gasteiger partial charge on any atom is 0.257 e. The van der Waals surface area contributed by atoms with E-state index in [0.717, 1.165) is 0 Å². The SMILES string of the molecule is CNCC(=O)N1CCN(C(=O)c2ccc(OC)c(OC)c2OC)CC1.Cl. The summed E-state index contributed by atoms with van der Waals surface area (Å²) in [7, 11) is 6.25. The number of halogens is 1. The summed E-state index contributed by atoms with van der Waals surface area (Å²) in [6.45, 7) is 2.29. The van der Waals surface area contributed by atoms with Gasteiger partial charge in [0.2, 0.25) is 11.7 Å². The average molecular weight is 388 g/mol. The lowest BCUT2D eigenvalue weighted by atomic mass is 10.1. The molecule has 0 saturated carbocycles. The topological polar surface area (TPSA) is 80.3 Å². The smallest absolute Gasteiger partial charge is 0.257 e. The van der Waals surface area contributed by atoms with Crippen LogP contribution in [-0.4, -0.2) is 82.7 Å². The van der Waals surface area contributed by atoms with Crippen molar-refractivity contribution in [1.82, 2.24) is 15.1 Å². The van der Waals surface area contributed by atoms with Gasteiger partial charge in [0.05, 0.1) is 33.4 Å². The van der Waals surface area contributed by atoms with E-state index >= 15 is 0 Å². The molecule has 1 aliphatic heterocycles. The third-order valence-corrected chi connectivity index (χ3v) is 4.18. The molecule has 0 radical (unpaired) electrons. The van der Waals surface area contributed by atoms with Gasteiger partial charge in [-0.3, -0.25) is 9.59 Å². The molecule has 1 fully saturated rings. The van der Waals surface area contributed by atoms with Gasteiger partial charge in [-0.25, -0.2) is 0 Å². The Bertz CT molecular complexity index is 633. The van der Waals surface area contributed by atoms with Crippen molar-refractivity contribution < 1.29 is 23.8 Å². The third-order valence-electron chi connectivity index (χ3n) is 4.18. The van der Waals surface area contributed by atoms with Crippen LogP contribution >= 0.6 is 12.4 Å². The average Bonchev–Trinajstić information content (AvgIpc) is 2.66. The van der Waals surface area contributed by atoms with Crippen molar-refractivity contribution in [1.29, 1.82) is 0 Å². The van der Waals surface area contributed by atoms with Gasteiger partial charge in [0, 0.05) is 26.2 Å². The van der Waals surface area contributed by atoms with Crippen LogP contribution in [0.25, 0.3) is 0 Å². The van der Waals surface area contributed by atoms with E-state index in [2.05, 4.69) is 5.32 Å². The number of piperazine rings is 1. The highest BCUT2D eigenvalue weighted by atomic mass is 35.5. The zero-order chi connectivity index (χ0) is 18.4. The Morgan fingerprint density at radius 3 is 2.04 bits per heavy atom. The summed E-state index contributed by atoms with van der Waals surface area (Å²) >= 11 is 0. The normalized spacial score (nSPS) is 13.7. The Morgan fingerprint density at radius 1 is 0.962 bits per heavy atom. The number of hydrogen-bond donors (Lipinski definition) is 1. The Morgan fingerprint density at radius 2 is 1.54 bits per heavy atom. The molecule has 1 aromatic carbocycles. The molecule has 8 nitrogen and oxygen atoms in total. The van der Waals surface area contributed by atoms with Crippen molar-refractivity contribution in [3.05, 3.63) is 17.7 Å². The van der Waals surface area contributed by atoms with Crippen LogP contribution in [0.2, 0.25) is 0 Å². The van der Waals surface area contributed by atoms with Crippen LogP contribution in [0.15, 0.2) is 12.1 Å². The van der Waals surface area contributed by atoms with Crippen LogP contribution in [0.5, 0.6) is 17.2 Å². The molecule has 9 heteroatoms. The van der Waals surface area contributed by atoms with Gasteiger partial charge in [-0.15, -0.1) is 12.4 Å². The lowest BCUT2D eigenvalue weighted by molar-refractivity contribution is -0.131. The summed E-state index contributed by atoms with van der Waals surface area (Å²) in [5, 5.41) is 2.85. The van der Waals surface area contributed by atoms with Crippen molar-refractivity contribution in [2.75, 3.05) is 61.1 Å². The second kappa shape index (κ2) is 10.1.